The average Bonchev–Trinajstić information content (AvgIpc) is 2.58. The van der Waals surface area contributed by atoms with Gasteiger partial charge in [-0.05, 0) is 44.9 Å². The first-order valence-corrected chi connectivity index (χ1v) is 35.6. The summed E-state index contributed by atoms with van der Waals surface area (Å²) < 4.78 is 22.9. The molecule has 1 amide bonds. The van der Waals surface area contributed by atoms with E-state index in [1.807, 2.05) is 0 Å². The van der Waals surface area contributed by atoms with Crippen molar-refractivity contribution in [2.75, 3.05) is 19.8 Å². The highest BCUT2D eigenvalue weighted by molar-refractivity contribution is 5.76. The highest BCUT2D eigenvalue weighted by atomic mass is 16.7. The molecule has 14 nitrogen and oxygen atoms in total. The van der Waals surface area contributed by atoms with Crippen molar-refractivity contribution in [1.82, 2.24) is 5.32 Å². The maximum atomic E-state index is 13.3. The SMILES string of the molecule is CCCCCCC/C=C\C/C=C\CCCCCCCCCCCCCCCCCCCCCCCCCCCC(=O)NC(COC1OC(CO)C(OC2OC(CO)C(O)C(O)C2O)C(O)C1O)C(O)CCCCCCCCCCCCCCC. The first-order valence-electron chi connectivity index (χ1n) is 35.6. The molecule has 12 atom stereocenters. The summed E-state index contributed by atoms with van der Waals surface area (Å²) in [5, 5.41) is 87.4. The number of aliphatic hydroxyl groups is 8. The predicted octanol–water partition coefficient (Wildman–Crippen LogP) is 14.3. The molecular weight excluding hydrogens is 1060 g/mol. The minimum absolute atomic E-state index is 0.201. The van der Waals surface area contributed by atoms with Crippen molar-refractivity contribution in [1.29, 1.82) is 0 Å². The summed E-state index contributed by atoms with van der Waals surface area (Å²) in [6.45, 7) is 2.88. The van der Waals surface area contributed by atoms with E-state index in [4.69, 9.17) is 18.9 Å². The summed E-state index contributed by atoms with van der Waals surface area (Å²) in [5.74, 6) is -0.201. The van der Waals surface area contributed by atoms with E-state index in [0.29, 0.717) is 12.8 Å². The summed E-state index contributed by atoms with van der Waals surface area (Å²) >= 11 is 0. The van der Waals surface area contributed by atoms with Gasteiger partial charge in [0.15, 0.2) is 12.6 Å². The molecule has 2 rings (SSSR count). The fraction of sp³-hybridized carbons (Fsp3) is 0.929. The minimum Gasteiger partial charge on any atom is -0.394 e. The monoisotopic (exact) mass is 1200 g/mol. The van der Waals surface area contributed by atoms with Crippen molar-refractivity contribution >= 4 is 5.91 Å². The molecule has 84 heavy (non-hydrogen) atoms. The van der Waals surface area contributed by atoms with Crippen molar-refractivity contribution in [2.45, 2.75) is 396 Å². The van der Waals surface area contributed by atoms with Gasteiger partial charge in [-0.1, -0.05) is 295 Å². The molecule has 2 aliphatic heterocycles. The van der Waals surface area contributed by atoms with E-state index in [9.17, 15) is 45.6 Å². The molecule has 0 saturated carbocycles. The van der Waals surface area contributed by atoms with E-state index < -0.39 is 86.8 Å². The number of hydrogen-bond donors (Lipinski definition) is 9. The fourth-order valence-electron chi connectivity index (χ4n) is 12.0. The lowest BCUT2D eigenvalue weighted by Crippen LogP contribution is -2.65. The van der Waals surface area contributed by atoms with Gasteiger partial charge >= 0.3 is 0 Å². The molecule has 496 valence electrons. The molecule has 0 bridgehead atoms. The molecule has 0 aromatic heterocycles. The molecule has 0 aromatic carbocycles. The van der Waals surface area contributed by atoms with E-state index in [2.05, 4.69) is 43.5 Å². The van der Waals surface area contributed by atoms with Gasteiger partial charge in [-0.3, -0.25) is 4.79 Å². The smallest absolute Gasteiger partial charge is 0.220 e. The van der Waals surface area contributed by atoms with Gasteiger partial charge in [0.25, 0.3) is 0 Å². The zero-order chi connectivity index (χ0) is 60.9. The second kappa shape index (κ2) is 55.5. The Hall–Kier alpha value is -1.53. The Morgan fingerprint density at radius 3 is 1.19 bits per heavy atom. The third-order valence-electron chi connectivity index (χ3n) is 17.7. The van der Waals surface area contributed by atoms with Crippen LogP contribution in [-0.4, -0.2) is 140 Å². The highest BCUT2D eigenvalue weighted by Gasteiger charge is 2.51. The Balaban J connectivity index is 1.55. The van der Waals surface area contributed by atoms with E-state index >= 15 is 0 Å². The third kappa shape index (κ3) is 39.5. The number of nitrogens with one attached hydrogen (secondary N) is 1. The zero-order valence-electron chi connectivity index (χ0n) is 53.9. The van der Waals surface area contributed by atoms with Crippen LogP contribution in [0.25, 0.3) is 0 Å². The molecular formula is C70H133NO13. The van der Waals surface area contributed by atoms with E-state index in [1.54, 1.807) is 0 Å². The highest BCUT2D eigenvalue weighted by Crippen LogP contribution is 2.30. The Kier molecular flexibility index (Phi) is 51.9. The lowest BCUT2D eigenvalue weighted by Gasteiger charge is -2.46. The van der Waals surface area contributed by atoms with Crippen molar-refractivity contribution in [3.8, 4) is 0 Å². The molecule has 0 aliphatic carbocycles. The Morgan fingerprint density at radius 1 is 0.429 bits per heavy atom. The van der Waals surface area contributed by atoms with Crippen LogP contribution in [0.5, 0.6) is 0 Å². The average molecular weight is 1200 g/mol. The topological polar surface area (TPSA) is 228 Å². The maximum Gasteiger partial charge on any atom is 0.220 e. The van der Waals surface area contributed by atoms with Gasteiger partial charge in [-0.2, -0.15) is 0 Å². The number of amides is 1. The van der Waals surface area contributed by atoms with Crippen LogP contribution in [-0.2, 0) is 23.7 Å². The number of aliphatic hydroxyl groups excluding tert-OH is 8. The maximum absolute atomic E-state index is 13.3. The van der Waals surface area contributed by atoms with Crippen LogP contribution in [0.1, 0.15) is 322 Å². The molecule has 0 spiro atoms. The Morgan fingerprint density at radius 2 is 0.786 bits per heavy atom. The van der Waals surface area contributed by atoms with Crippen molar-refractivity contribution in [3.63, 3.8) is 0 Å². The van der Waals surface area contributed by atoms with Crippen LogP contribution < -0.4 is 5.32 Å². The van der Waals surface area contributed by atoms with Gasteiger partial charge in [0.1, 0.15) is 48.8 Å². The quantitative estimate of drug-likeness (QED) is 0.0204. The lowest BCUT2D eigenvalue weighted by atomic mass is 9.97. The number of rotatable bonds is 59. The van der Waals surface area contributed by atoms with Gasteiger partial charge in [-0.15, -0.1) is 0 Å². The van der Waals surface area contributed by atoms with E-state index in [1.165, 1.54) is 238 Å². The molecule has 0 radical (unpaired) electrons. The first-order chi connectivity index (χ1) is 41.1. The molecule has 0 aromatic rings. The molecule has 2 fully saturated rings. The van der Waals surface area contributed by atoms with Crippen LogP contribution >= 0.6 is 0 Å². The van der Waals surface area contributed by atoms with Crippen molar-refractivity contribution in [3.05, 3.63) is 24.3 Å². The summed E-state index contributed by atoms with van der Waals surface area (Å²) in [5.41, 5.74) is 0. The summed E-state index contributed by atoms with van der Waals surface area (Å²) in [6.07, 6.45) is 52.2. The molecule has 14 heteroatoms. The number of carbonyl (C=O) groups is 1. The first kappa shape index (κ1) is 78.6. The number of carbonyl (C=O) groups excluding carboxylic acids is 1. The van der Waals surface area contributed by atoms with Crippen LogP contribution in [0.15, 0.2) is 24.3 Å². The summed E-state index contributed by atoms with van der Waals surface area (Å²) in [6, 6.07) is -0.825. The van der Waals surface area contributed by atoms with Gasteiger partial charge in [0.2, 0.25) is 5.91 Å². The molecule has 12 unspecified atom stereocenters. The third-order valence-corrected chi connectivity index (χ3v) is 17.7. The van der Waals surface area contributed by atoms with Gasteiger partial charge in [0.05, 0.1) is 32.0 Å². The van der Waals surface area contributed by atoms with Crippen molar-refractivity contribution in [2.24, 2.45) is 0 Å². The largest absolute Gasteiger partial charge is 0.394 e. The second-order valence-corrected chi connectivity index (χ2v) is 25.4. The molecule has 2 saturated heterocycles. The van der Waals surface area contributed by atoms with Crippen LogP contribution in [0.4, 0.5) is 0 Å². The van der Waals surface area contributed by atoms with Crippen molar-refractivity contribution < 1.29 is 64.6 Å². The minimum atomic E-state index is -1.78. The second-order valence-electron chi connectivity index (χ2n) is 25.4. The van der Waals surface area contributed by atoms with E-state index in [-0.39, 0.29) is 12.5 Å². The Bertz CT molecular complexity index is 1500. The molecule has 9 N–H and O–H groups in total. The molecule has 2 heterocycles. The number of ether oxygens (including phenoxy) is 4. The van der Waals surface area contributed by atoms with Gasteiger partial charge in [-0.25, -0.2) is 0 Å². The standard InChI is InChI=1S/C70H133NO13/c1-3-5-7-9-11-13-15-17-18-19-20-21-22-23-24-25-26-27-28-29-30-31-32-33-34-35-36-37-38-39-40-42-44-46-48-50-52-54-62(75)71-58(59(74)53-51-49-47-45-43-41-16-14-12-10-8-6-4-2)57-81-69-67(80)65(78)68(61(56-73)83-69)84-70-66(79)64(77)63(76)60(55-72)82-70/h15,17,19-20,58-61,63-70,72-74,76-80H,3-14,16,18,21-57H2,1-2H3,(H,71,75)/b17-15-,20-19-. The van der Waals surface area contributed by atoms with Crippen LogP contribution in [0, 0.1) is 0 Å². The number of allylic oxidation sites excluding steroid dienone is 4. The summed E-state index contributed by atoms with van der Waals surface area (Å²) in [7, 11) is 0. The van der Waals surface area contributed by atoms with E-state index in [0.717, 1.165) is 57.8 Å². The van der Waals surface area contributed by atoms with Crippen LogP contribution in [0.2, 0.25) is 0 Å². The van der Waals surface area contributed by atoms with Gasteiger partial charge in [0, 0.05) is 6.42 Å². The Labute approximate surface area is 513 Å². The number of unbranched alkanes of at least 4 members (excludes halogenated alkanes) is 42. The number of hydrogen-bond acceptors (Lipinski definition) is 13. The van der Waals surface area contributed by atoms with Crippen LogP contribution in [0.3, 0.4) is 0 Å². The fourth-order valence-corrected chi connectivity index (χ4v) is 12.0. The van der Waals surface area contributed by atoms with Gasteiger partial charge < -0.3 is 65.1 Å². The zero-order valence-corrected chi connectivity index (χ0v) is 53.9. The normalized spacial score (nSPS) is 23.7. The molecule has 2 aliphatic rings. The summed E-state index contributed by atoms with van der Waals surface area (Å²) in [4.78, 5) is 13.3. The predicted molar refractivity (Wildman–Crippen MR) is 342 cm³/mol. The lowest BCUT2D eigenvalue weighted by molar-refractivity contribution is -0.359.